The van der Waals surface area contributed by atoms with Crippen LogP contribution in [0.5, 0.6) is 0 Å². The maximum Gasteiger partial charge on any atom is 0.144 e. The largest absolute Gasteiger partial charge is 0.374 e. The lowest BCUT2D eigenvalue weighted by Gasteiger charge is -2.15. The van der Waals surface area contributed by atoms with Crippen LogP contribution in [0.1, 0.15) is 56.1 Å². The van der Waals surface area contributed by atoms with E-state index in [1.807, 2.05) is 0 Å². The van der Waals surface area contributed by atoms with Gasteiger partial charge in [-0.05, 0) is 35.2 Å². The molecule has 1 aliphatic carbocycles. The second-order valence-electron chi connectivity index (χ2n) is 4.44. The van der Waals surface area contributed by atoms with Crippen molar-refractivity contribution in [2.24, 2.45) is 0 Å². The number of nitrogens with one attached hydrogen (secondary N) is 1. The molecule has 0 radical (unpaired) electrons. The van der Waals surface area contributed by atoms with Gasteiger partial charge in [-0.15, -0.1) is 0 Å². The molecule has 1 aromatic rings. The van der Waals surface area contributed by atoms with Crippen LogP contribution in [-0.4, -0.2) is 17.1 Å². The predicted octanol–water partition coefficient (Wildman–Crippen LogP) is 4.27. The van der Waals surface area contributed by atoms with Crippen molar-refractivity contribution in [3.8, 4) is 0 Å². The fraction of sp³-hybridized carbons (Fsp3) is 0.667. The summed E-state index contributed by atoms with van der Waals surface area (Å²) in [5.41, 5.74) is 1.19. The van der Waals surface area contributed by atoms with E-state index in [4.69, 9.17) is 17.0 Å². The van der Waals surface area contributed by atoms with Gasteiger partial charge >= 0.3 is 0 Å². The number of H-pyrrole nitrogens is 1. The first-order valence-electron chi connectivity index (χ1n) is 5.99. The third kappa shape index (κ3) is 2.95. The number of methoxy groups -OCH3 is 1. The Kier molecular flexibility index (Phi) is 4.33. The normalized spacial score (nSPS) is 17.1. The second kappa shape index (κ2) is 5.59. The first-order chi connectivity index (χ1) is 8.17. The third-order valence-electron chi connectivity index (χ3n) is 3.03. The van der Waals surface area contributed by atoms with Crippen molar-refractivity contribution in [2.45, 2.75) is 44.6 Å². The first-order valence-corrected chi connectivity index (χ1v) is 7.19. The zero-order valence-corrected chi connectivity index (χ0v) is 12.5. The zero-order chi connectivity index (χ0) is 12.4. The van der Waals surface area contributed by atoms with Crippen molar-refractivity contribution < 1.29 is 4.74 Å². The van der Waals surface area contributed by atoms with Gasteiger partial charge in [0.15, 0.2) is 0 Å². The number of aromatic amines is 1. The van der Waals surface area contributed by atoms with Crippen LogP contribution < -0.4 is 0 Å². The minimum absolute atomic E-state index is 0.0206. The number of halogens is 1. The Morgan fingerprint density at radius 1 is 1.59 bits per heavy atom. The summed E-state index contributed by atoms with van der Waals surface area (Å²) in [5.74, 6) is 1.48. The molecule has 0 saturated heterocycles. The molecule has 94 valence electrons. The van der Waals surface area contributed by atoms with Crippen LogP contribution >= 0.6 is 28.1 Å². The number of hydrogen-bond acceptors (Lipinski definition) is 3. The van der Waals surface area contributed by atoms with Gasteiger partial charge in [-0.1, -0.05) is 25.6 Å². The molecule has 1 unspecified atom stereocenters. The van der Waals surface area contributed by atoms with E-state index in [1.54, 1.807) is 7.11 Å². The molecule has 1 fully saturated rings. The maximum atomic E-state index is 5.47. The minimum atomic E-state index is 0.0206. The number of ether oxygens (including phenoxy) is 1. The molecule has 17 heavy (non-hydrogen) atoms. The maximum absolute atomic E-state index is 5.47. The quantitative estimate of drug-likeness (QED) is 0.824. The highest BCUT2D eigenvalue weighted by atomic mass is 79.9. The van der Waals surface area contributed by atoms with Crippen molar-refractivity contribution in [1.82, 2.24) is 9.97 Å². The van der Waals surface area contributed by atoms with E-state index in [9.17, 15) is 0 Å². The van der Waals surface area contributed by atoms with E-state index >= 15 is 0 Å². The average Bonchev–Trinajstić information content (AvgIpc) is 3.13. The van der Waals surface area contributed by atoms with Crippen molar-refractivity contribution in [1.29, 1.82) is 0 Å². The lowest BCUT2D eigenvalue weighted by atomic mass is 10.2. The minimum Gasteiger partial charge on any atom is -0.374 e. The first kappa shape index (κ1) is 13.2. The molecule has 2 rings (SSSR count). The van der Waals surface area contributed by atoms with Crippen LogP contribution in [0.2, 0.25) is 0 Å². The molecule has 0 aliphatic heterocycles. The van der Waals surface area contributed by atoms with Crippen LogP contribution in [-0.2, 0) is 4.74 Å². The van der Waals surface area contributed by atoms with Crippen LogP contribution in [0.4, 0.5) is 0 Å². The fourth-order valence-corrected chi connectivity index (χ4v) is 2.65. The molecule has 5 heteroatoms. The van der Waals surface area contributed by atoms with E-state index in [-0.39, 0.29) is 6.10 Å². The third-order valence-corrected chi connectivity index (χ3v) is 4.40. The highest BCUT2D eigenvalue weighted by Gasteiger charge is 2.28. The van der Waals surface area contributed by atoms with Gasteiger partial charge in [-0.3, -0.25) is 0 Å². The zero-order valence-electron chi connectivity index (χ0n) is 10.1. The van der Waals surface area contributed by atoms with E-state index in [2.05, 4.69) is 32.8 Å². The van der Waals surface area contributed by atoms with Crippen LogP contribution in [0.15, 0.2) is 4.47 Å². The van der Waals surface area contributed by atoms with Gasteiger partial charge in [-0.2, -0.15) is 0 Å². The molecule has 0 aromatic carbocycles. The summed E-state index contributed by atoms with van der Waals surface area (Å²) in [6, 6.07) is 0. The number of aromatic nitrogens is 2. The molecule has 0 bridgehead atoms. The van der Waals surface area contributed by atoms with Crippen molar-refractivity contribution in [3.05, 3.63) is 20.6 Å². The summed E-state index contributed by atoms with van der Waals surface area (Å²) in [4.78, 5) is 7.82. The summed E-state index contributed by atoms with van der Waals surface area (Å²) in [7, 11) is 1.72. The van der Waals surface area contributed by atoms with Gasteiger partial charge in [-0.25, -0.2) is 4.98 Å². The number of rotatable bonds is 5. The summed E-state index contributed by atoms with van der Waals surface area (Å²) in [6.07, 6.45) is 4.51. The fourth-order valence-electron chi connectivity index (χ4n) is 1.93. The monoisotopic (exact) mass is 316 g/mol. The Labute approximate surface area is 115 Å². The van der Waals surface area contributed by atoms with Gasteiger partial charge in [0.05, 0.1) is 4.47 Å². The van der Waals surface area contributed by atoms with Gasteiger partial charge in [0.25, 0.3) is 0 Å². The standard InChI is InChI=1S/C12H17BrN2OS/c1-3-4-8(16-2)11-14-10(7-5-6-7)9(13)12(17)15-11/h7-8H,3-6H2,1-2H3,(H,14,15,17). The Hall–Kier alpha value is -0.260. The molecule has 0 spiro atoms. The van der Waals surface area contributed by atoms with E-state index in [0.717, 1.165) is 23.1 Å². The topological polar surface area (TPSA) is 37.9 Å². The highest BCUT2D eigenvalue weighted by molar-refractivity contribution is 9.10. The molecule has 1 atom stereocenters. The van der Waals surface area contributed by atoms with Crippen LogP contribution in [0, 0.1) is 4.64 Å². The lowest BCUT2D eigenvalue weighted by Crippen LogP contribution is -2.09. The summed E-state index contributed by atoms with van der Waals surface area (Å²) in [5, 5.41) is 0. The van der Waals surface area contributed by atoms with Crippen LogP contribution in [0.25, 0.3) is 0 Å². The Bertz CT molecular complexity index is 456. The van der Waals surface area contributed by atoms with Gasteiger partial charge in [0.1, 0.15) is 16.6 Å². The molecule has 1 heterocycles. The molecule has 1 aliphatic rings. The van der Waals surface area contributed by atoms with E-state index < -0.39 is 0 Å². The smallest absolute Gasteiger partial charge is 0.144 e. The molecule has 3 nitrogen and oxygen atoms in total. The van der Waals surface area contributed by atoms with Crippen LogP contribution in [0.3, 0.4) is 0 Å². The average molecular weight is 317 g/mol. The molecular weight excluding hydrogens is 300 g/mol. The summed E-state index contributed by atoms with van der Waals surface area (Å²) >= 11 is 8.82. The Morgan fingerprint density at radius 3 is 2.82 bits per heavy atom. The Morgan fingerprint density at radius 2 is 2.29 bits per heavy atom. The second-order valence-corrected chi connectivity index (χ2v) is 5.62. The van der Waals surface area contributed by atoms with Crippen molar-refractivity contribution >= 4 is 28.1 Å². The highest BCUT2D eigenvalue weighted by Crippen LogP contribution is 2.42. The van der Waals surface area contributed by atoms with E-state index in [0.29, 0.717) is 10.6 Å². The van der Waals surface area contributed by atoms with Crippen molar-refractivity contribution in [2.75, 3.05) is 7.11 Å². The SMILES string of the molecule is CCCC(OC)c1nc(=S)c(Br)c(C2CC2)[nH]1. The van der Waals surface area contributed by atoms with Crippen molar-refractivity contribution in [3.63, 3.8) is 0 Å². The van der Waals surface area contributed by atoms with Gasteiger partial charge < -0.3 is 9.72 Å². The number of nitrogens with zero attached hydrogens (tertiary/aromatic N) is 1. The summed E-state index contributed by atoms with van der Waals surface area (Å²) in [6.45, 7) is 2.14. The Balaban J connectivity index is 2.37. The molecule has 0 amide bonds. The van der Waals surface area contributed by atoms with Gasteiger partial charge in [0, 0.05) is 18.7 Å². The number of hydrogen-bond donors (Lipinski definition) is 1. The molecule has 1 N–H and O–H groups in total. The lowest BCUT2D eigenvalue weighted by molar-refractivity contribution is 0.0872. The van der Waals surface area contributed by atoms with E-state index in [1.165, 1.54) is 18.5 Å². The van der Waals surface area contributed by atoms with Gasteiger partial charge in [0.2, 0.25) is 0 Å². The molecule has 1 saturated carbocycles. The molecular formula is C12H17BrN2OS. The predicted molar refractivity (Wildman–Crippen MR) is 73.8 cm³/mol. The summed E-state index contributed by atoms with van der Waals surface area (Å²) < 4.78 is 7.06. The molecule has 1 aromatic heterocycles.